The fourth-order valence-electron chi connectivity index (χ4n) is 4.49. The molecular formula is C29H30F4N4O6. The minimum atomic E-state index is -5.36. The molecule has 4 rings (SSSR count). The van der Waals surface area contributed by atoms with E-state index in [1.807, 2.05) is 0 Å². The second kappa shape index (κ2) is 11.7. The maximum Gasteiger partial charge on any atom is 0.424 e. The van der Waals surface area contributed by atoms with Gasteiger partial charge in [-0.25, -0.2) is 9.37 Å². The molecule has 2 amide bonds. The highest BCUT2D eigenvalue weighted by Crippen LogP contribution is 2.47. The number of carbonyl (C=O) groups is 2. The first-order valence-electron chi connectivity index (χ1n) is 13.0. The number of rotatable bonds is 10. The van der Waals surface area contributed by atoms with Crippen molar-refractivity contribution in [3.05, 3.63) is 71.2 Å². The van der Waals surface area contributed by atoms with E-state index in [1.165, 1.54) is 44.4 Å². The molecule has 3 atom stereocenters. The minimum Gasteiger partial charge on any atom is -0.495 e. The summed E-state index contributed by atoms with van der Waals surface area (Å²) in [5, 5.41) is 25.7. The van der Waals surface area contributed by atoms with Crippen molar-refractivity contribution in [2.24, 2.45) is 5.73 Å². The molecule has 3 aromatic rings. The number of benzene rings is 2. The van der Waals surface area contributed by atoms with Crippen molar-refractivity contribution in [2.45, 2.75) is 37.1 Å². The highest BCUT2D eigenvalue weighted by molar-refractivity contribution is 5.95. The van der Waals surface area contributed by atoms with Crippen molar-refractivity contribution in [3.8, 4) is 22.8 Å². The van der Waals surface area contributed by atoms with Gasteiger partial charge in [0.25, 0.3) is 5.91 Å². The largest absolute Gasteiger partial charge is 0.495 e. The quantitative estimate of drug-likeness (QED) is 0.221. The number of nitrogens with one attached hydrogen (secondary N) is 2. The number of nitrogens with zero attached hydrogens (tertiary/aromatic N) is 1. The molecule has 6 N–H and O–H groups in total. The second-order valence-electron chi connectivity index (χ2n) is 10.4. The van der Waals surface area contributed by atoms with Gasteiger partial charge in [0.05, 0.1) is 31.1 Å². The number of methoxy groups -OCH3 is 1. The van der Waals surface area contributed by atoms with Crippen LogP contribution in [0.5, 0.6) is 11.5 Å². The van der Waals surface area contributed by atoms with E-state index >= 15 is 0 Å². The number of aromatic nitrogens is 1. The molecule has 1 aromatic heterocycles. The van der Waals surface area contributed by atoms with E-state index in [4.69, 9.17) is 15.2 Å². The number of fused-ring (bicyclic) bond motifs is 1. The lowest BCUT2D eigenvalue weighted by molar-refractivity contribution is -0.265. The van der Waals surface area contributed by atoms with Crippen LogP contribution in [0.15, 0.2) is 48.5 Å². The number of hydrogen-bond acceptors (Lipinski definition) is 8. The summed E-state index contributed by atoms with van der Waals surface area (Å²) in [4.78, 5) is 29.4. The van der Waals surface area contributed by atoms with Crippen LogP contribution in [-0.2, 0) is 15.8 Å². The Bertz CT molecular complexity index is 1530. The maximum atomic E-state index is 14.6. The number of carbonyl (C=O) groups excluding carboxylic acids is 2. The third-order valence-corrected chi connectivity index (χ3v) is 7.18. The molecule has 230 valence electrons. The van der Waals surface area contributed by atoms with Gasteiger partial charge in [-0.1, -0.05) is 0 Å². The van der Waals surface area contributed by atoms with E-state index in [0.29, 0.717) is 5.69 Å². The molecule has 43 heavy (non-hydrogen) atoms. The zero-order valence-corrected chi connectivity index (χ0v) is 23.4. The molecule has 0 fully saturated rings. The molecule has 0 aliphatic carbocycles. The summed E-state index contributed by atoms with van der Waals surface area (Å²) < 4.78 is 68.3. The maximum absolute atomic E-state index is 14.6. The Balaban J connectivity index is 1.74. The van der Waals surface area contributed by atoms with Gasteiger partial charge in [-0.2, -0.15) is 13.2 Å². The number of anilines is 1. The lowest BCUT2D eigenvalue weighted by atomic mass is 9.81. The van der Waals surface area contributed by atoms with Gasteiger partial charge in [0, 0.05) is 23.2 Å². The number of nitrogens with two attached hydrogens (primary N) is 1. The van der Waals surface area contributed by atoms with Gasteiger partial charge in [-0.3, -0.25) is 9.59 Å². The van der Waals surface area contributed by atoms with Crippen molar-refractivity contribution in [2.75, 3.05) is 32.1 Å². The highest BCUT2D eigenvalue weighted by atomic mass is 19.4. The third-order valence-electron chi connectivity index (χ3n) is 7.18. The number of ether oxygens (including phenoxy) is 2. The zero-order chi connectivity index (χ0) is 31.7. The van der Waals surface area contributed by atoms with Crippen molar-refractivity contribution in [1.29, 1.82) is 0 Å². The van der Waals surface area contributed by atoms with Gasteiger partial charge in [-0.05, 0) is 62.4 Å². The number of alkyl halides is 3. The van der Waals surface area contributed by atoms with Crippen LogP contribution in [0.2, 0.25) is 0 Å². The van der Waals surface area contributed by atoms with Crippen molar-refractivity contribution >= 4 is 17.5 Å². The average Bonchev–Trinajstić information content (AvgIpc) is 3.31. The Morgan fingerprint density at radius 3 is 2.44 bits per heavy atom. The van der Waals surface area contributed by atoms with Crippen LogP contribution in [0.4, 0.5) is 23.2 Å². The predicted molar refractivity (Wildman–Crippen MR) is 147 cm³/mol. The van der Waals surface area contributed by atoms with Gasteiger partial charge in [-0.15, -0.1) is 0 Å². The number of aliphatic hydroxyl groups excluding tert-OH is 1. The first kappa shape index (κ1) is 31.5. The fourth-order valence-corrected chi connectivity index (χ4v) is 4.49. The highest BCUT2D eigenvalue weighted by Gasteiger charge is 2.57. The average molecular weight is 607 g/mol. The van der Waals surface area contributed by atoms with Crippen LogP contribution in [0, 0.1) is 5.82 Å². The molecule has 10 nitrogen and oxygen atoms in total. The van der Waals surface area contributed by atoms with Crippen LogP contribution >= 0.6 is 0 Å². The molecule has 0 bridgehead atoms. The van der Waals surface area contributed by atoms with Gasteiger partial charge < -0.3 is 36.1 Å². The Morgan fingerprint density at radius 2 is 1.86 bits per heavy atom. The van der Waals surface area contributed by atoms with Crippen molar-refractivity contribution in [1.82, 2.24) is 10.3 Å². The summed E-state index contributed by atoms with van der Waals surface area (Å²) in [6.07, 6.45) is -6.05. The van der Waals surface area contributed by atoms with E-state index in [0.717, 1.165) is 18.2 Å². The lowest BCUT2D eigenvalue weighted by Crippen LogP contribution is -2.51. The SMILES string of the molecule is COc1cc(C(=O)NC[C@](O)(c2cc3c(c(-c4ccc(F)cc4)n2)OC[C@]3(C)C(N)=O)C(F)(F)F)ccc1NC[C@@H](C)O. The minimum absolute atomic E-state index is 0.0402. The standard InChI is InChI=1S/C29H30F4N4O6/c1-15(38)12-35-20-9-6-17(10-21(20)42-3)25(39)36-13-28(41,29(31,32)33)22-11-19-24(43-14-27(19,2)26(34)40)23(37-22)16-4-7-18(30)8-5-16/h4-11,15,35,38,41H,12-14H2,1-3H3,(H2,34,40)(H,36,39)/t15-,27+,28+/m1/s1. The molecule has 0 saturated carbocycles. The van der Waals surface area contributed by atoms with Crippen LogP contribution in [0.25, 0.3) is 11.3 Å². The Morgan fingerprint density at radius 1 is 1.19 bits per heavy atom. The summed E-state index contributed by atoms with van der Waals surface area (Å²) in [7, 11) is 1.33. The Labute approximate surface area is 243 Å². The van der Waals surface area contributed by atoms with Gasteiger partial charge in [0.15, 0.2) is 0 Å². The molecule has 2 aromatic carbocycles. The molecule has 0 unspecified atom stereocenters. The molecular weight excluding hydrogens is 576 g/mol. The molecule has 0 saturated heterocycles. The summed E-state index contributed by atoms with van der Waals surface area (Å²) in [6, 6.07) is 9.58. The zero-order valence-electron chi connectivity index (χ0n) is 23.4. The first-order valence-corrected chi connectivity index (χ1v) is 13.0. The molecule has 1 aliphatic rings. The Hall–Kier alpha value is -4.43. The number of aliphatic hydroxyl groups is 2. The van der Waals surface area contributed by atoms with E-state index in [-0.39, 0.29) is 47.0 Å². The Kier molecular flexibility index (Phi) is 8.56. The lowest BCUT2D eigenvalue weighted by Gasteiger charge is -2.31. The van der Waals surface area contributed by atoms with Crippen LogP contribution in [0.1, 0.15) is 35.5 Å². The van der Waals surface area contributed by atoms with E-state index in [2.05, 4.69) is 15.6 Å². The van der Waals surface area contributed by atoms with Crippen molar-refractivity contribution in [3.63, 3.8) is 0 Å². The van der Waals surface area contributed by atoms with Crippen LogP contribution in [-0.4, -0.2) is 66.1 Å². The topological polar surface area (TPSA) is 156 Å². The fraction of sp³-hybridized carbons (Fsp3) is 0.345. The molecule has 0 spiro atoms. The first-order chi connectivity index (χ1) is 20.1. The summed E-state index contributed by atoms with van der Waals surface area (Å²) in [5.41, 5.74) is -0.405. The number of halogens is 4. The second-order valence-corrected chi connectivity index (χ2v) is 10.4. The molecule has 1 aliphatic heterocycles. The number of hydrogen-bond donors (Lipinski definition) is 5. The summed E-state index contributed by atoms with van der Waals surface area (Å²) in [5.74, 6) is -2.32. The van der Waals surface area contributed by atoms with Gasteiger partial charge in [0.1, 0.15) is 35.0 Å². The molecule has 14 heteroatoms. The molecule has 0 radical (unpaired) electrons. The summed E-state index contributed by atoms with van der Waals surface area (Å²) >= 11 is 0. The van der Waals surface area contributed by atoms with Crippen LogP contribution in [0.3, 0.4) is 0 Å². The number of pyridine rings is 1. The van der Waals surface area contributed by atoms with Gasteiger partial charge in [0.2, 0.25) is 11.5 Å². The summed E-state index contributed by atoms with van der Waals surface area (Å²) in [6.45, 7) is 1.45. The third kappa shape index (κ3) is 6.06. The predicted octanol–water partition coefficient (Wildman–Crippen LogP) is 3.00. The van der Waals surface area contributed by atoms with Gasteiger partial charge >= 0.3 is 6.18 Å². The monoisotopic (exact) mass is 606 g/mol. The molecule has 2 heterocycles. The number of primary amides is 1. The van der Waals surface area contributed by atoms with E-state index in [1.54, 1.807) is 6.92 Å². The van der Waals surface area contributed by atoms with E-state index < -0.39 is 53.2 Å². The smallest absolute Gasteiger partial charge is 0.424 e. The van der Waals surface area contributed by atoms with Crippen LogP contribution < -0.4 is 25.8 Å². The van der Waals surface area contributed by atoms with Crippen molar-refractivity contribution < 1.29 is 46.8 Å². The normalized spacial score (nSPS) is 18.2. The number of amides is 2. The van der Waals surface area contributed by atoms with E-state index in [9.17, 15) is 37.4 Å².